The molecule has 122 valence electrons. The summed E-state index contributed by atoms with van der Waals surface area (Å²) >= 11 is 0. The molecule has 0 heterocycles. The van der Waals surface area contributed by atoms with Crippen LogP contribution in [0.25, 0.3) is 0 Å². The van der Waals surface area contributed by atoms with Crippen molar-refractivity contribution in [2.45, 2.75) is 39.0 Å². The molecule has 1 amide bonds. The Hall–Kier alpha value is -1.68. The molecule has 22 heavy (non-hydrogen) atoms. The van der Waals surface area contributed by atoms with Gasteiger partial charge in [-0.25, -0.2) is 0 Å². The Labute approximate surface area is 133 Å². The number of aryl methyl sites for hydroxylation is 1. The topological polar surface area (TPSA) is 49.4 Å². The van der Waals surface area contributed by atoms with Crippen LogP contribution in [-0.4, -0.2) is 43.8 Å². The van der Waals surface area contributed by atoms with Gasteiger partial charge in [-0.2, -0.15) is 0 Å². The van der Waals surface area contributed by atoms with E-state index in [0.29, 0.717) is 12.1 Å². The standard InChI is InChI=1S/C18H28N2O2/c1-4-6-15-7-9-16(10-8-15)17(21)11-12-18(22)19-13-5-14-20(2)3/h7-10H,4-6,11-14H2,1-3H3,(H,19,22). The third-order valence-electron chi connectivity index (χ3n) is 3.50. The summed E-state index contributed by atoms with van der Waals surface area (Å²) < 4.78 is 0. The van der Waals surface area contributed by atoms with Crippen molar-refractivity contribution in [2.75, 3.05) is 27.2 Å². The Morgan fingerprint density at radius 2 is 1.77 bits per heavy atom. The first-order chi connectivity index (χ1) is 10.5. The van der Waals surface area contributed by atoms with Crippen LogP contribution in [0.15, 0.2) is 24.3 Å². The van der Waals surface area contributed by atoms with Crippen LogP contribution in [0.2, 0.25) is 0 Å². The number of ketones is 1. The Kier molecular flexibility index (Phi) is 8.44. The molecule has 0 aromatic heterocycles. The van der Waals surface area contributed by atoms with E-state index < -0.39 is 0 Å². The van der Waals surface area contributed by atoms with Gasteiger partial charge in [0.25, 0.3) is 0 Å². The Morgan fingerprint density at radius 1 is 1.09 bits per heavy atom. The molecule has 0 saturated heterocycles. The van der Waals surface area contributed by atoms with Gasteiger partial charge in [0.15, 0.2) is 5.78 Å². The van der Waals surface area contributed by atoms with Crippen LogP contribution >= 0.6 is 0 Å². The summed E-state index contributed by atoms with van der Waals surface area (Å²) in [7, 11) is 4.01. The molecule has 0 aliphatic heterocycles. The van der Waals surface area contributed by atoms with Crippen molar-refractivity contribution in [2.24, 2.45) is 0 Å². The average Bonchev–Trinajstić information content (AvgIpc) is 2.50. The number of nitrogens with one attached hydrogen (secondary N) is 1. The molecule has 0 spiro atoms. The van der Waals surface area contributed by atoms with Crippen LogP contribution in [0.1, 0.15) is 48.5 Å². The molecule has 0 aliphatic rings. The SMILES string of the molecule is CCCc1ccc(C(=O)CCC(=O)NCCCN(C)C)cc1. The molecule has 4 nitrogen and oxygen atoms in total. The van der Waals surface area contributed by atoms with Gasteiger partial charge >= 0.3 is 0 Å². The normalized spacial score (nSPS) is 10.7. The largest absolute Gasteiger partial charge is 0.356 e. The molecule has 0 bridgehead atoms. The van der Waals surface area contributed by atoms with Gasteiger partial charge in [-0.1, -0.05) is 37.6 Å². The van der Waals surface area contributed by atoms with E-state index in [0.717, 1.165) is 25.8 Å². The molecular formula is C18H28N2O2. The van der Waals surface area contributed by atoms with Gasteiger partial charge in [-0.05, 0) is 39.0 Å². The average molecular weight is 304 g/mol. The smallest absolute Gasteiger partial charge is 0.220 e. The van der Waals surface area contributed by atoms with Crippen LogP contribution in [0, 0.1) is 0 Å². The highest BCUT2D eigenvalue weighted by atomic mass is 16.2. The first-order valence-corrected chi connectivity index (χ1v) is 8.06. The highest BCUT2D eigenvalue weighted by molar-refractivity contribution is 5.97. The molecule has 0 atom stereocenters. The molecule has 1 aromatic rings. The van der Waals surface area contributed by atoms with E-state index in [2.05, 4.69) is 17.1 Å². The fourth-order valence-corrected chi connectivity index (χ4v) is 2.23. The molecule has 0 fully saturated rings. The molecule has 0 unspecified atom stereocenters. The van der Waals surface area contributed by atoms with Crippen molar-refractivity contribution in [3.05, 3.63) is 35.4 Å². The summed E-state index contributed by atoms with van der Waals surface area (Å²) in [6, 6.07) is 7.72. The second kappa shape index (κ2) is 10.1. The van der Waals surface area contributed by atoms with Crippen molar-refractivity contribution in [3.63, 3.8) is 0 Å². The number of rotatable bonds is 10. The zero-order valence-electron chi connectivity index (χ0n) is 14.0. The van der Waals surface area contributed by atoms with Crippen molar-refractivity contribution in [3.8, 4) is 0 Å². The van der Waals surface area contributed by atoms with E-state index in [1.165, 1.54) is 5.56 Å². The van der Waals surface area contributed by atoms with Gasteiger partial charge in [0.2, 0.25) is 5.91 Å². The van der Waals surface area contributed by atoms with E-state index in [1.54, 1.807) is 0 Å². The van der Waals surface area contributed by atoms with Gasteiger partial charge in [-0.15, -0.1) is 0 Å². The van der Waals surface area contributed by atoms with Crippen molar-refractivity contribution in [1.82, 2.24) is 10.2 Å². The quantitative estimate of drug-likeness (QED) is 0.534. The summed E-state index contributed by atoms with van der Waals surface area (Å²) in [5.74, 6) is -0.0128. The summed E-state index contributed by atoms with van der Waals surface area (Å²) in [6.45, 7) is 3.75. The van der Waals surface area contributed by atoms with Crippen molar-refractivity contribution < 1.29 is 9.59 Å². The molecular weight excluding hydrogens is 276 g/mol. The van der Waals surface area contributed by atoms with Gasteiger partial charge in [-0.3, -0.25) is 9.59 Å². The number of hydrogen-bond acceptors (Lipinski definition) is 3. The monoisotopic (exact) mass is 304 g/mol. The fourth-order valence-electron chi connectivity index (χ4n) is 2.23. The predicted molar refractivity (Wildman–Crippen MR) is 90.2 cm³/mol. The number of carbonyl (C=O) groups excluding carboxylic acids is 2. The maximum Gasteiger partial charge on any atom is 0.220 e. The van der Waals surface area contributed by atoms with Gasteiger partial charge in [0, 0.05) is 24.9 Å². The van der Waals surface area contributed by atoms with E-state index in [-0.39, 0.29) is 24.5 Å². The Morgan fingerprint density at radius 3 is 2.36 bits per heavy atom. The van der Waals surface area contributed by atoms with Gasteiger partial charge < -0.3 is 10.2 Å². The zero-order chi connectivity index (χ0) is 16.4. The molecule has 0 saturated carbocycles. The minimum Gasteiger partial charge on any atom is -0.356 e. The lowest BCUT2D eigenvalue weighted by atomic mass is 10.0. The van der Waals surface area contributed by atoms with Crippen molar-refractivity contribution in [1.29, 1.82) is 0 Å². The Balaban J connectivity index is 2.28. The third kappa shape index (κ3) is 7.36. The van der Waals surface area contributed by atoms with Crippen LogP contribution in [0.3, 0.4) is 0 Å². The maximum absolute atomic E-state index is 12.1. The number of benzene rings is 1. The third-order valence-corrected chi connectivity index (χ3v) is 3.50. The molecule has 1 rings (SSSR count). The van der Waals surface area contributed by atoms with Gasteiger partial charge in [0.1, 0.15) is 0 Å². The predicted octanol–water partition coefficient (Wildman–Crippen LogP) is 2.67. The lowest BCUT2D eigenvalue weighted by Crippen LogP contribution is -2.27. The minimum absolute atomic E-state index is 0.0338. The molecule has 0 aliphatic carbocycles. The number of nitrogens with zero attached hydrogens (tertiary/aromatic N) is 1. The Bertz CT molecular complexity index is 466. The number of amides is 1. The van der Waals surface area contributed by atoms with Gasteiger partial charge in [0.05, 0.1) is 0 Å². The second-order valence-corrected chi connectivity index (χ2v) is 5.88. The lowest BCUT2D eigenvalue weighted by molar-refractivity contribution is -0.121. The summed E-state index contributed by atoms with van der Waals surface area (Å²) in [4.78, 5) is 25.8. The minimum atomic E-state index is -0.0466. The number of carbonyl (C=O) groups is 2. The molecule has 4 heteroatoms. The number of Topliss-reactive ketones (excluding diaryl/α,β-unsaturated/α-hetero) is 1. The zero-order valence-corrected chi connectivity index (χ0v) is 14.0. The lowest BCUT2D eigenvalue weighted by Gasteiger charge is -2.09. The van der Waals surface area contributed by atoms with E-state index in [4.69, 9.17) is 0 Å². The first-order valence-electron chi connectivity index (χ1n) is 8.06. The molecule has 1 N–H and O–H groups in total. The first kappa shape index (κ1) is 18.4. The van der Waals surface area contributed by atoms with Crippen LogP contribution in [-0.2, 0) is 11.2 Å². The van der Waals surface area contributed by atoms with Crippen LogP contribution < -0.4 is 5.32 Å². The fraction of sp³-hybridized carbons (Fsp3) is 0.556. The van der Waals surface area contributed by atoms with Crippen LogP contribution in [0.5, 0.6) is 0 Å². The van der Waals surface area contributed by atoms with Crippen molar-refractivity contribution >= 4 is 11.7 Å². The summed E-state index contributed by atoms with van der Waals surface area (Å²) in [5.41, 5.74) is 1.94. The molecule has 1 aromatic carbocycles. The summed E-state index contributed by atoms with van der Waals surface area (Å²) in [5, 5.41) is 2.85. The highest BCUT2D eigenvalue weighted by Gasteiger charge is 2.09. The van der Waals surface area contributed by atoms with Crippen LogP contribution in [0.4, 0.5) is 0 Å². The van der Waals surface area contributed by atoms with E-state index in [9.17, 15) is 9.59 Å². The summed E-state index contributed by atoms with van der Waals surface area (Å²) in [6.07, 6.45) is 3.58. The maximum atomic E-state index is 12.1. The molecule has 0 radical (unpaired) electrons. The highest BCUT2D eigenvalue weighted by Crippen LogP contribution is 2.09. The van der Waals surface area contributed by atoms with E-state index in [1.807, 2.05) is 38.4 Å². The number of hydrogen-bond donors (Lipinski definition) is 1. The van der Waals surface area contributed by atoms with E-state index >= 15 is 0 Å². The second-order valence-electron chi connectivity index (χ2n) is 5.88.